The van der Waals surface area contributed by atoms with Gasteiger partial charge in [-0.2, -0.15) is 0 Å². The van der Waals surface area contributed by atoms with E-state index in [-0.39, 0.29) is 11.2 Å². The Morgan fingerprint density at radius 1 is 1.75 bits per heavy atom. The van der Waals surface area contributed by atoms with E-state index in [1.807, 2.05) is 0 Å². The van der Waals surface area contributed by atoms with Crippen molar-refractivity contribution in [2.24, 2.45) is 5.41 Å². The van der Waals surface area contributed by atoms with E-state index < -0.39 is 0 Å². The van der Waals surface area contributed by atoms with Gasteiger partial charge in [-0.15, -0.1) is 0 Å². The van der Waals surface area contributed by atoms with Crippen LogP contribution in [-0.2, 0) is 4.79 Å². The summed E-state index contributed by atoms with van der Waals surface area (Å²) >= 11 is 0. The van der Waals surface area contributed by atoms with Crippen molar-refractivity contribution in [2.45, 2.75) is 19.8 Å². The Labute approximate surface area is 49.1 Å². The smallest absolute Gasteiger partial charge is 0.137 e. The number of rotatable bonds is 2. The van der Waals surface area contributed by atoms with Gasteiger partial charge in [-0.3, -0.25) is 10.5 Å². The van der Waals surface area contributed by atoms with Crippen LogP contribution in [0.5, 0.6) is 0 Å². The van der Waals surface area contributed by atoms with Crippen molar-refractivity contribution < 1.29 is 4.79 Å². The summed E-state index contributed by atoms with van der Waals surface area (Å²) in [5, 5.41) is 0. The molecule has 0 saturated heterocycles. The van der Waals surface area contributed by atoms with Crippen LogP contribution in [0.3, 0.4) is 0 Å². The van der Waals surface area contributed by atoms with E-state index in [2.05, 4.69) is 0 Å². The van der Waals surface area contributed by atoms with Crippen LogP contribution in [0, 0.1) is 5.41 Å². The van der Waals surface area contributed by atoms with Gasteiger partial charge in [-0.05, 0) is 19.8 Å². The average molecular weight is 112 g/mol. The van der Waals surface area contributed by atoms with Crippen molar-refractivity contribution in [3.63, 3.8) is 0 Å². The number of hydrogen-bond donors (Lipinski definition) is 0. The lowest BCUT2D eigenvalue weighted by atomic mass is 10.0. The molecule has 0 unspecified atom stereocenters. The summed E-state index contributed by atoms with van der Waals surface area (Å²) in [5.74, 6) is 0.201. The lowest BCUT2D eigenvalue weighted by molar-refractivity contribution is -0.121. The van der Waals surface area contributed by atoms with Gasteiger partial charge in [0.2, 0.25) is 0 Å². The molecule has 8 heavy (non-hydrogen) atoms. The summed E-state index contributed by atoms with van der Waals surface area (Å²) in [4.78, 5) is 10.6. The molecule has 1 N–H and O–H groups in total. The number of carbonyl (C=O) groups is 1. The third-order valence-corrected chi connectivity index (χ3v) is 1.94. The quantitative estimate of drug-likeness (QED) is 0.516. The maximum absolute atomic E-state index is 10.6. The van der Waals surface area contributed by atoms with E-state index >= 15 is 0 Å². The molecule has 1 aliphatic rings. The molecule has 1 saturated carbocycles. The van der Waals surface area contributed by atoms with E-state index in [0.29, 0.717) is 6.54 Å². The fourth-order valence-corrected chi connectivity index (χ4v) is 0.804. The molecule has 0 bridgehead atoms. The molecule has 2 heteroatoms. The minimum atomic E-state index is -0.181. The van der Waals surface area contributed by atoms with Gasteiger partial charge in [0, 0.05) is 12.0 Å². The van der Waals surface area contributed by atoms with Gasteiger partial charge in [-0.25, -0.2) is 0 Å². The van der Waals surface area contributed by atoms with Crippen LogP contribution in [0.15, 0.2) is 0 Å². The maximum atomic E-state index is 10.6. The van der Waals surface area contributed by atoms with Crippen molar-refractivity contribution in [1.82, 2.24) is 5.73 Å². The molecule has 0 spiro atoms. The molecule has 1 aliphatic carbocycles. The summed E-state index contributed by atoms with van der Waals surface area (Å²) in [6, 6.07) is 0. The molecule has 1 radical (unpaired) electrons. The topological polar surface area (TPSA) is 40.9 Å². The first kappa shape index (κ1) is 5.76. The first-order valence-electron chi connectivity index (χ1n) is 2.87. The molecule has 1 rings (SSSR count). The van der Waals surface area contributed by atoms with Gasteiger partial charge in [0.15, 0.2) is 0 Å². The van der Waals surface area contributed by atoms with Crippen molar-refractivity contribution in [3.05, 3.63) is 0 Å². The first-order chi connectivity index (χ1) is 3.71. The van der Waals surface area contributed by atoms with Crippen LogP contribution in [0.25, 0.3) is 0 Å². The molecule has 0 aromatic heterocycles. The highest BCUT2D eigenvalue weighted by Crippen LogP contribution is 2.45. The third-order valence-electron chi connectivity index (χ3n) is 1.94. The van der Waals surface area contributed by atoms with Crippen molar-refractivity contribution in [3.8, 4) is 0 Å². The van der Waals surface area contributed by atoms with Crippen molar-refractivity contribution in [1.29, 1.82) is 0 Å². The number of carbonyl (C=O) groups excluding carboxylic acids is 1. The average Bonchev–Trinajstić information content (AvgIpc) is 2.44. The van der Waals surface area contributed by atoms with Gasteiger partial charge >= 0.3 is 0 Å². The second-order valence-electron chi connectivity index (χ2n) is 2.51. The van der Waals surface area contributed by atoms with Crippen LogP contribution in [0.1, 0.15) is 19.8 Å². The van der Waals surface area contributed by atoms with Crippen molar-refractivity contribution >= 4 is 5.78 Å². The zero-order chi connectivity index (χ0) is 6.20. The Kier molecular flexibility index (Phi) is 1.12. The number of ketones is 1. The van der Waals surface area contributed by atoms with Crippen LogP contribution in [0.2, 0.25) is 0 Å². The number of nitrogens with one attached hydrogen (secondary N) is 1. The fourth-order valence-electron chi connectivity index (χ4n) is 0.804. The third kappa shape index (κ3) is 0.650. The van der Waals surface area contributed by atoms with Gasteiger partial charge in [0.1, 0.15) is 5.78 Å². The standard InChI is InChI=1S/C6H10NO/c1-5(8)6(4-7)2-3-6/h7H,2-4H2,1H3. The Morgan fingerprint density at radius 3 is 2.25 bits per heavy atom. The van der Waals surface area contributed by atoms with E-state index in [1.165, 1.54) is 0 Å². The Morgan fingerprint density at radius 2 is 2.25 bits per heavy atom. The van der Waals surface area contributed by atoms with E-state index in [1.54, 1.807) is 6.92 Å². The molecule has 0 amide bonds. The van der Waals surface area contributed by atoms with E-state index in [4.69, 9.17) is 5.73 Å². The zero-order valence-corrected chi connectivity index (χ0v) is 5.03. The number of Topliss-reactive ketones (excluding diaryl/α,β-unsaturated/α-hetero) is 1. The summed E-state index contributed by atoms with van der Waals surface area (Å²) in [6.07, 6.45) is 1.90. The molecule has 0 aromatic carbocycles. The molecule has 1 fully saturated rings. The normalized spacial score (nSPS) is 22.8. The molecule has 0 aliphatic heterocycles. The first-order valence-corrected chi connectivity index (χ1v) is 2.87. The zero-order valence-electron chi connectivity index (χ0n) is 5.03. The summed E-state index contributed by atoms with van der Waals surface area (Å²) in [6.45, 7) is 1.88. The van der Waals surface area contributed by atoms with Gasteiger partial charge in [0.05, 0.1) is 0 Å². The highest BCUT2D eigenvalue weighted by atomic mass is 16.1. The molecule has 0 heterocycles. The molecule has 45 valence electrons. The Bertz CT molecular complexity index is 116. The summed E-state index contributed by atoms with van der Waals surface area (Å²) < 4.78 is 0. The number of hydrogen-bond acceptors (Lipinski definition) is 1. The Balaban J connectivity index is 2.53. The molecule has 0 atom stereocenters. The molecular formula is C6H10NO. The largest absolute Gasteiger partial charge is 0.299 e. The fraction of sp³-hybridized carbons (Fsp3) is 0.833. The summed E-state index contributed by atoms with van der Waals surface area (Å²) in [7, 11) is 0. The van der Waals surface area contributed by atoms with Crippen LogP contribution in [-0.4, -0.2) is 12.3 Å². The predicted octanol–water partition coefficient (Wildman–Crippen LogP) is 0.639. The van der Waals surface area contributed by atoms with E-state index in [9.17, 15) is 4.79 Å². The van der Waals surface area contributed by atoms with Crippen LogP contribution in [0.4, 0.5) is 0 Å². The molecule has 2 nitrogen and oxygen atoms in total. The summed E-state index contributed by atoms with van der Waals surface area (Å²) in [5.41, 5.74) is 6.80. The predicted molar refractivity (Wildman–Crippen MR) is 30.3 cm³/mol. The second kappa shape index (κ2) is 1.55. The molecule has 0 aromatic rings. The minimum Gasteiger partial charge on any atom is -0.299 e. The van der Waals surface area contributed by atoms with Crippen molar-refractivity contribution in [2.75, 3.05) is 6.54 Å². The SMILES string of the molecule is CC(=O)C1(C[NH])CC1. The van der Waals surface area contributed by atoms with Crippen LogP contribution >= 0.6 is 0 Å². The molecular weight excluding hydrogens is 102 g/mol. The van der Waals surface area contributed by atoms with Gasteiger partial charge in [0.25, 0.3) is 0 Å². The maximum Gasteiger partial charge on any atom is 0.137 e. The minimum absolute atomic E-state index is 0.181. The van der Waals surface area contributed by atoms with Gasteiger partial charge < -0.3 is 0 Å². The van der Waals surface area contributed by atoms with E-state index in [0.717, 1.165) is 12.8 Å². The van der Waals surface area contributed by atoms with Gasteiger partial charge in [-0.1, -0.05) is 0 Å². The highest BCUT2D eigenvalue weighted by molar-refractivity contribution is 5.85. The monoisotopic (exact) mass is 112 g/mol. The lowest BCUT2D eigenvalue weighted by Gasteiger charge is -2.03. The van der Waals surface area contributed by atoms with Crippen LogP contribution < -0.4 is 5.73 Å². The highest BCUT2D eigenvalue weighted by Gasteiger charge is 2.45. The Hall–Kier alpha value is -0.370. The second-order valence-corrected chi connectivity index (χ2v) is 2.51. The lowest BCUT2D eigenvalue weighted by Crippen LogP contribution is -2.16.